The molecule has 4 nitrogen and oxygen atoms in total. The minimum absolute atomic E-state index is 0.00302. The molecule has 0 saturated carbocycles. The Bertz CT molecular complexity index is 325. The summed E-state index contributed by atoms with van der Waals surface area (Å²) in [4.78, 5) is 17.6. The third kappa shape index (κ3) is 3.62. The second-order valence-electron chi connectivity index (χ2n) is 3.94. The highest BCUT2D eigenvalue weighted by Gasteiger charge is 2.16. The van der Waals surface area contributed by atoms with E-state index in [0.717, 1.165) is 5.56 Å². The number of hydrogen-bond donors (Lipinski definition) is 1. The Morgan fingerprint density at radius 2 is 2.31 bits per heavy atom. The quantitative estimate of drug-likeness (QED) is 0.803. The molecular weight excluding hydrogens is 204 g/mol. The van der Waals surface area contributed by atoms with E-state index in [1.54, 1.807) is 17.3 Å². The average Bonchev–Trinajstić information content (AvgIpc) is 2.26. The average molecular weight is 222 g/mol. The maximum absolute atomic E-state index is 11.9. The van der Waals surface area contributed by atoms with Gasteiger partial charge in [-0.2, -0.15) is 0 Å². The van der Waals surface area contributed by atoms with E-state index in [1.165, 1.54) is 0 Å². The van der Waals surface area contributed by atoms with Gasteiger partial charge in [-0.1, -0.05) is 6.07 Å². The highest BCUT2D eigenvalue weighted by Crippen LogP contribution is 2.04. The smallest absolute Gasteiger partial charge is 0.227 e. The summed E-state index contributed by atoms with van der Waals surface area (Å²) in [6.45, 7) is 4.27. The standard InChI is InChI=1S/C12H18N2O2/c1-10(2)14(6-7-15)12(16)8-11-4-3-5-13-9-11/h3-5,9-10,15H,6-8H2,1-2H3. The van der Waals surface area contributed by atoms with E-state index < -0.39 is 0 Å². The van der Waals surface area contributed by atoms with Crippen LogP contribution in [0.25, 0.3) is 0 Å². The van der Waals surface area contributed by atoms with Gasteiger partial charge in [0, 0.05) is 25.0 Å². The molecule has 1 heterocycles. The molecule has 0 atom stereocenters. The molecular formula is C12H18N2O2. The van der Waals surface area contributed by atoms with Gasteiger partial charge in [0.05, 0.1) is 13.0 Å². The van der Waals surface area contributed by atoms with Gasteiger partial charge in [-0.25, -0.2) is 0 Å². The van der Waals surface area contributed by atoms with Gasteiger partial charge >= 0.3 is 0 Å². The Labute approximate surface area is 95.9 Å². The number of nitrogens with zero attached hydrogens (tertiary/aromatic N) is 2. The number of hydrogen-bond acceptors (Lipinski definition) is 3. The lowest BCUT2D eigenvalue weighted by molar-refractivity contribution is -0.132. The number of carbonyl (C=O) groups excluding carboxylic acids is 1. The van der Waals surface area contributed by atoms with Crippen molar-refractivity contribution in [3.8, 4) is 0 Å². The molecule has 16 heavy (non-hydrogen) atoms. The van der Waals surface area contributed by atoms with Gasteiger partial charge in [-0.3, -0.25) is 9.78 Å². The van der Waals surface area contributed by atoms with Crippen LogP contribution in [0.15, 0.2) is 24.5 Å². The number of aliphatic hydroxyl groups excluding tert-OH is 1. The molecule has 4 heteroatoms. The summed E-state index contributed by atoms with van der Waals surface area (Å²) in [6, 6.07) is 3.80. The van der Waals surface area contributed by atoms with Gasteiger partial charge in [0.15, 0.2) is 0 Å². The van der Waals surface area contributed by atoms with Crippen molar-refractivity contribution in [2.45, 2.75) is 26.3 Å². The van der Waals surface area contributed by atoms with Crippen molar-refractivity contribution in [3.05, 3.63) is 30.1 Å². The highest BCUT2D eigenvalue weighted by atomic mass is 16.3. The highest BCUT2D eigenvalue weighted by molar-refractivity contribution is 5.78. The van der Waals surface area contributed by atoms with E-state index >= 15 is 0 Å². The molecule has 1 aromatic heterocycles. The molecule has 0 bridgehead atoms. The first-order chi connectivity index (χ1) is 7.65. The molecule has 0 aliphatic rings. The predicted molar refractivity (Wildman–Crippen MR) is 61.9 cm³/mol. The molecule has 1 N–H and O–H groups in total. The largest absolute Gasteiger partial charge is 0.395 e. The third-order valence-electron chi connectivity index (χ3n) is 2.36. The SMILES string of the molecule is CC(C)N(CCO)C(=O)Cc1cccnc1. The first kappa shape index (κ1) is 12.6. The number of rotatable bonds is 5. The van der Waals surface area contributed by atoms with E-state index in [9.17, 15) is 4.79 Å². The van der Waals surface area contributed by atoms with Gasteiger partial charge in [0.25, 0.3) is 0 Å². The lowest BCUT2D eigenvalue weighted by atomic mass is 10.2. The Morgan fingerprint density at radius 3 is 2.81 bits per heavy atom. The van der Waals surface area contributed by atoms with Crippen molar-refractivity contribution in [3.63, 3.8) is 0 Å². The number of pyridine rings is 1. The van der Waals surface area contributed by atoms with Crippen LogP contribution in [0, 0.1) is 0 Å². The molecule has 1 rings (SSSR count). The minimum atomic E-state index is -0.00302. The van der Waals surface area contributed by atoms with Crippen LogP contribution in [0.1, 0.15) is 19.4 Å². The number of carbonyl (C=O) groups is 1. The van der Waals surface area contributed by atoms with E-state index in [2.05, 4.69) is 4.98 Å². The summed E-state index contributed by atoms with van der Waals surface area (Å²) in [5.74, 6) is 0.0250. The minimum Gasteiger partial charge on any atom is -0.395 e. The number of amides is 1. The van der Waals surface area contributed by atoms with Gasteiger partial charge in [0.2, 0.25) is 5.91 Å². The molecule has 1 amide bonds. The molecule has 0 saturated heterocycles. The predicted octanol–water partition coefficient (Wildman–Crippen LogP) is 0.853. The van der Waals surface area contributed by atoms with Crippen LogP contribution in [-0.4, -0.2) is 40.1 Å². The van der Waals surface area contributed by atoms with Gasteiger partial charge in [-0.15, -0.1) is 0 Å². The fourth-order valence-corrected chi connectivity index (χ4v) is 1.56. The summed E-state index contributed by atoms with van der Waals surface area (Å²) < 4.78 is 0. The lowest BCUT2D eigenvalue weighted by Gasteiger charge is -2.25. The lowest BCUT2D eigenvalue weighted by Crippen LogP contribution is -2.39. The van der Waals surface area contributed by atoms with Gasteiger partial charge in [0.1, 0.15) is 0 Å². The molecule has 0 radical (unpaired) electrons. The van der Waals surface area contributed by atoms with Crippen LogP contribution in [0.3, 0.4) is 0 Å². The van der Waals surface area contributed by atoms with Crippen molar-refractivity contribution in [2.24, 2.45) is 0 Å². The Kier molecular flexibility index (Phi) is 4.92. The number of aliphatic hydroxyl groups is 1. The maximum atomic E-state index is 11.9. The normalized spacial score (nSPS) is 10.5. The zero-order valence-electron chi connectivity index (χ0n) is 9.76. The molecule has 88 valence electrons. The summed E-state index contributed by atoms with van der Waals surface area (Å²) in [5.41, 5.74) is 0.899. The van der Waals surface area contributed by atoms with Crippen LogP contribution in [0.2, 0.25) is 0 Å². The Balaban J connectivity index is 2.62. The van der Waals surface area contributed by atoms with Crippen molar-refractivity contribution >= 4 is 5.91 Å². The van der Waals surface area contributed by atoms with Crippen LogP contribution < -0.4 is 0 Å². The molecule has 0 fully saturated rings. The molecule has 0 unspecified atom stereocenters. The molecule has 0 aliphatic carbocycles. The van der Waals surface area contributed by atoms with E-state index in [4.69, 9.17) is 5.11 Å². The number of aromatic nitrogens is 1. The summed E-state index contributed by atoms with van der Waals surface area (Å²) in [6.07, 6.45) is 3.71. The Morgan fingerprint density at radius 1 is 1.56 bits per heavy atom. The van der Waals surface area contributed by atoms with E-state index in [1.807, 2.05) is 26.0 Å². The van der Waals surface area contributed by atoms with Crippen molar-refractivity contribution in [2.75, 3.05) is 13.2 Å². The van der Waals surface area contributed by atoms with Gasteiger partial charge in [-0.05, 0) is 25.5 Å². The summed E-state index contributed by atoms with van der Waals surface area (Å²) in [5, 5.41) is 8.89. The third-order valence-corrected chi connectivity index (χ3v) is 2.36. The molecule has 0 aromatic carbocycles. The van der Waals surface area contributed by atoms with Gasteiger partial charge < -0.3 is 10.0 Å². The van der Waals surface area contributed by atoms with E-state index in [-0.39, 0.29) is 18.6 Å². The van der Waals surface area contributed by atoms with Crippen LogP contribution in [0.5, 0.6) is 0 Å². The zero-order valence-corrected chi connectivity index (χ0v) is 9.76. The first-order valence-electron chi connectivity index (χ1n) is 5.44. The summed E-state index contributed by atoms with van der Waals surface area (Å²) >= 11 is 0. The molecule has 0 spiro atoms. The molecule has 0 aliphatic heterocycles. The second-order valence-corrected chi connectivity index (χ2v) is 3.94. The topological polar surface area (TPSA) is 53.4 Å². The Hall–Kier alpha value is -1.42. The molecule has 1 aromatic rings. The van der Waals surface area contributed by atoms with Crippen molar-refractivity contribution in [1.82, 2.24) is 9.88 Å². The van der Waals surface area contributed by atoms with Crippen LogP contribution >= 0.6 is 0 Å². The second kappa shape index (κ2) is 6.23. The van der Waals surface area contributed by atoms with Crippen LogP contribution in [0.4, 0.5) is 0 Å². The van der Waals surface area contributed by atoms with E-state index in [0.29, 0.717) is 13.0 Å². The fourth-order valence-electron chi connectivity index (χ4n) is 1.56. The monoisotopic (exact) mass is 222 g/mol. The fraction of sp³-hybridized carbons (Fsp3) is 0.500. The maximum Gasteiger partial charge on any atom is 0.227 e. The zero-order chi connectivity index (χ0) is 12.0. The van der Waals surface area contributed by atoms with Crippen LogP contribution in [-0.2, 0) is 11.2 Å². The summed E-state index contributed by atoms with van der Waals surface area (Å²) in [7, 11) is 0. The van der Waals surface area contributed by atoms with Crippen molar-refractivity contribution in [1.29, 1.82) is 0 Å². The first-order valence-corrected chi connectivity index (χ1v) is 5.44. The van der Waals surface area contributed by atoms with Crippen molar-refractivity contribution < 1.29 is 9.90 Å².